The third kappa shape index (κ3) is 6.53. The fourth-order valence-electron chi connectivity index (χ4n) is 3.25. The highest BCUT2D eigenvalue weighted by Crippen LogP contribution is 2.16. The number of aliphatic hydroxyl groups excluding tert-OH is 1. The largest absolute Gasteiger partial charge is 0.508 e. The minimum Gasteiger partial charge on any atom is -0.508 e. The second-order valence-corrected chi connectivity index (χ2v) is 7.56. The maximum absolute atomic E-state index is 12.5. The van der Waals surface area contributed by atoms with E-state index in [0.717, 1.165) is 5.56 Å². The van der Waals surface area contributed by atoms with Crippen LogP contribution in [-0.2, 0) is 13.0 Å². The van der Waals surface area contributed by atoms with Crippen LogP contribution in [0.4, 0.5) is 5.82 Å². The molecule has 1 aromatic heterocycles. The van der Waals surface area contributed by atoms with Crippen molar-refractivity contribution in [1.29, 1.82) is 0 Å². The number of nitrogens with zero attached hydrogens (tertiary/aromatic N) is 1. The molecule has 0 aliphatic carbocycles. The SMILES string of the molecule is C[C@H](Cc1cccc(C(=O)NCc2ccccc2O)c1)NC[C@H](O)c1ccc(N)nc1. The van der Waals surface area contributed by atoms with Gasteiger partial charge in [0.15, 0.2) is 0 Å². The van der Waals surface area contributed by atoms with Crippen molar-refractivity contribution < 1.29 is 15.0 Å². The number of aliphatic hydroxyl groups is 1. The lowest BCUT2D eigenvalue weighted by Crippen LogP contribution is -2.32. The van der Waals surface area contributed by atoms with E-state index in [1.165, 1.54) is 0 Å². The molecule has 0 aliphatic heterocycles. The number of benzene rings is 2. The zero-order chi connectivity index (χ0) is 22.2. The van der Waals surface area contributed by atoms with Gasteiger partial charge in [-0.15, -0.1) is 0 Å². The van der Waals surface area contributed by atoms with Crippen LogP contribution in [0.3, 0.4) is 0 Å². The Kier molecular flexibility index (Phi) is 7.59. The summed E-state index contributed by atoms with van der Waals surface area (Å²) in [6, 6.07) is 17.9. The van der Waals surface area contributed by atoms with Crippen LogP contribution in [0.25, 0.3) is 0 Å². The van der Waals surface area contributed by atoms with E-state index in [1.807, 2.05) is 31.2 Å². The molecule has 162 valence electrons. The molecule has 0 saturated heterocycles. The van der Waals surface area contributed by atoms with Gasteiger partial charge in [-0.1, -0.05) is 36.4 Å². The zero-order valence-corrected chi connectivity index (χ0v) is 17.5. The molecule has 0 aliphatic rings. The van der Waals surface area contributed by atoms with Crippen LogP contribution in [0.1, 0.15) is 40.1 Å². The number of anilines is 1. The molecule has 7 heteroatoms. The number of phenols is 1. The van der Waals surface area contributed by atoms with Gasteiger partial charge >= 0.3 is 0 Å². The van der Waals surface area contributed by atoms with E-state index in [0.29, 0.717) is 35.5 Å². The lowest BCUT2D eigenvalue weighted by Gasteiger charge is -2.18. The maximum Gasteiger partial charge on any atom is 0.251 e. The van der Waals surface area contributed by atoms with Crippen molar-refractivity contribution in [2.24, 2.45) is 0 Å². The van der Waals surface area contributed by atoms with Gasteiger partial charge in [0.1, 0.15) is 11.6 Å². The molecule has 2 aromatic carbocycles. The third-order valence-electron chi connectivity index (χ3n) is 5.02. The van der Waals surface area contributed by atoms with Crippen molar-refractivity contribution in [2.75, 3.05) is 12.3 Å². The number of rotatable bonds is 9. The Morgan fingerprint density at radius 2 is 1.94 bits per heavy atom. The van der Waals surface area contributed by atoms with E-state index in [1.54, 1.807) is 42.6 Å². The van der Waals surface area contributed by atoms with E-state index >= 15 is 0 Å². The van der Waals surface area contributed by atoms with Crippen molar-refractivity contribution >= 4 is 11.7 Å². The third-order valence-corrected chi connectivity index (χ3v) is 5.02. The fraction of sp³-hybridized carbons (Fsp3) is 0.250. The van der Waals surface area contributed by atoms with Gasteiger partial charge in [0.2, 0.25) is 0 Å². The number of para-hydroxylation sites is 1. The number of nitrogens with one attached hydrogen (secondary N) is 2. The predicted octanol–water partition coefficient (Wildman–Crippen LogP) is 2.55. The highest BCUT2D eigenvalue weighted by atomic mass is 16.3. The summed E-state index contributed by atoms with van der Waals surface area (Å²) in [6.07, 6.45) is 1.60. The molecular weight excluding hydrogens is 392 g/mol. The number of nitrogen functional groups attached to an aromatic ring is 1. The minimum absolute atomic E-state index is 0.0935. The maximum atomic E-state index is 12.5. The molecule has 1 amide bonds. The molecule has 0 fully saturated rings. The van der Waals surface area contributed by atoms with E-state index in [-0.39, 0.29) is 24.2 Å². The number of pyridine rings is 1. The van der Waals surface area contributed by atoms with E-state index in [4.69, 9.17) is 5.73 Å². The first-order valence-corrected chi connectivity index (χ1v) is 10.2. The second-order valence-electron chi connectivity index (χ2n) is 7.56. The Morgan fingerprint density at radius 1 is 1.13 bits per heavy atom. The van der Waals surface area contributed by atoms with Crippen molar-refractivity contribution in [3.05, 3.63) is 89.1 Å². The van der Waals surface area contributed by atoms with Crippen LogP contribution in [0.2, 0.25) is 0 Å². The first-order valence-electron chi connectivity index (χ1n) is 10.2. The van der Waals surface area contributed by atoms with Crippen LogP contribution in [0.5, 0.6) is 5.75 Å². The number of amides is 1. The standard InChI is InChI=1S/C24H28N4O3/c1-16(26-15-22(30)20-9-10-23(25)27-13-20)11-17-5-4-7-18(12-17)24(31)28-14-19-6-2-3-8-21(19)29/h2-10,12-13,16,22,26,29-30H,11,14-15H2,1H3,(H2,25,27)(H,28,31)/t16-,22+/m1/s1. The van der Waals surface area contributed by atoms with Gasteiger partial charge in [-0.2, -0.15) is 0 Å². The Hall–Kier alpha value is -3.42. The van der Waals surface area contributed by atoms with E-state index in [9.17, 15) is 15.0 Å². The smallest absolute Gasteiger partial charge is 0.251 e. The normalized spacial score (nSPS) is 12.8. The first kappa shape index (κ1) is 22.3. The number of nitrogens with two attached hydrogens (primary N) is 1. The van der Waals surface area contributed by atoms with Gasteiger partial charge in [-0.25, -0.2) is 4.98 Å². The quantitative estimate of drug-likeness (QED) is 0.363. The van der Waals surface area contributed by atoms with Crippen LogP contribution in [0.15, 0.2) is 66.9 Å². The Balaban J connectivity index is 1.51. The summed E-state index contributed by atoms with van der Waals surface area (Å²) >= 11 is 0. The summed E-state index contributed by atoms with van der Waals surface area (Å²) in [5.74, 6) is 0.382. The molecule has 0 radical (unpaired) electrons. The Bertz CT molecular complexity index is 1010. The number of carbonyl (C=O) groups is 1. The Labute approximate surface area is 182 Å². The molecule has 3 aromatic rings. The van der Waals surface area contributed by atoms with Crippen molar-refractivity contribution in [1.82, 2.24) is 15.6 Å². The summed E-state index contributed by atoms with van der Waals surface area (Å²) in [4.78, 5) is 16.5. The molecule has 0 saturated carbocycles. The highest BCUT2D eigenvalue weighted by molar-refractivity contribution is 5.94. The highest BCUT2D eigenvalue weighted by Gasteiger charge is 2.12. The summed E-state index contributed by atoms with van der Waals surface area (Å²) in [5, 5.41) is 26.3. The molecular formula is C24H28N4O3. The van der Waals surface area contributed by atoms with E-state index in [2.05, 4.69) is 15.6 Å². The molecule has 0 bridgehead atoms. The Morgan fingerprint density at radius 3 is 2.68 bits per heavy atom. The van der Waals surface area contributed by atoms with Gasteiger partial charge in [0.05, 0.1) is 6.10 Å². The molecule has 6 N–H and O–H groups in total. The van der Waals surface area contributed by atoms with Crippen LogP contribution >= 0.6 is 0 Å². The summed E-state index contributed by atoms with van der Waals surface area (Å²) < 4.78 is 0. The van der Waals surface area contributed by atoms with E-state index < -0.39 is 6.10 Å². The number of hydrogen-bond acceptors (Lipinski definition) is 6. The molecule has 31 heavy (non-hydrogen) atoms. The minimum atomic E-state index is -0.679. The van der Waals surface area contributed by atoms with Gasteiger partial charge in [0, 0.05) is 42.0 Å². The van der Waals surface area contributed by atoms with Crippen molar-refractivity contribution in [3.63, 3.8) is 0 Å². The van der Waals surface area contributed by atoms with Gasteiger partial charge < -0.3 is 26.6 Å². The topological polar surface area (TPSA) is 120 Å². The molecule has 1 heterocycles. The molecule has 0 spiro atoms. The average Bonchev–Trinajstić information content (AvgIpc) is 2.77. The van der Waals surface area contributed by atoms with Gasteiger partial charge in [-0.05, 0) is 43.2 Å². The monoisotopic (exact) mass is 420 g/mol. The fourth-order valence-corrected chi connectivity index (χ4v) is 3.25. The number of phenolic OH excluding ortho intramolecular Hbond substituents is 1. The van der Waals surface area contributed by atoms with Crippen LogP contribution in [-0.4, -0.2) is 33.7 Å². The van der Waals surface area contributed by atoms with Crippen molar-refractivity contribution in [3.8, 4) is 5.75 Å². The zero-order valence-electron chi connectivity index (χ0n) is 17.5. The second kappa shape index (κ2) is 10.6. The molecule has 3 rings (SSSR count). The van der Waals surface area contributed by atoms with Gasteiger partial charge in [-0.3, -0.25) is 4.79 Å². The number of hydrogen-bond donors (Lipinski definition) is 5. The van der Waals surface area contributed by atoms with Crippen LogP contribution in [0, 0.1) is 0 Å². The average molecular weight is 421 g/mol. The predicted molar refractivity (Wildman–Crippen MR) is 120 cm³/mol. The summed E-state index contributed by atoms with van der Waals surface area (Å²) in [6.45, 7) is 2.66. The summed E-state index contributed by atoms with van der Waals surface area (Å²) in [7, 11) is 0. The lowest BCUT2D eigenvalue weighted by molar-refractivity contribution is 0.0950. The lowest BCUT2D eigenvalue weighted by atomic mass is 10.0. The van der Waals surface area contributed by atoms with Gasteiger partial charge in [0.25, 0.3) is 5.91 Å². The number of carbonyl (C=O) groups excluding carboxylic acids is 1. The van der Waals surface area contributed by atoms with Crippen molar-refractivity contribution in [2.45, 2.75) is 32.0 Å². The molecule has 2 atom stereocenters. The first-order chi connectivity index (χ1) is 14.9. The number of aromatic hydroxyl groups is 1. The van der Waals surface area contributed by atoms with Crippen LogP contribution < -0.4 is 16.4 Å². The summed E-state index contributed by atoms with van der Waals surface area (Å²) in [5.41, 5.74) is 8.52. The molecule has 0 unspecified atom stereocenters. The number of aromatic nitrogens is 1. The molecule has 7 nitrogen and oxygen atoms in total.